The largest absolute Gasteiger partial charge is 0.633 e. The van der Waals surface area contributed by atoms with Gasteiger partial charge in [0.25, 0.3) is 5.91 Å². The SMILES string of the molecule is Cl.O=C(Nc1cc(Cl)c(Cl)nc1C1CC[N+]([O-])(Cc2ccc(-c3ccc(F)cc3)cc2)CC1)c1ccnc(Cl)c1. The maximum Gasteiger partial charge on any atom is 0.255 e. The highest BCUT2D eigenvalue weighted by Crippen LogP contribution is 2.38. The van der Waals surface area contributed by atoms with Gasteiger partial charge in [0.05, 0.1) is 29.5 Å². The number of halogens is 5. The summed E-state index contributed by atoms with van der Waals surface area (Å²) in [5.41, 5.74) is 4.22. The van der Waals surface area contributed by atoms with E-state index in [1.54, 1.807) is 24.3 Å². The lowest BCUT2D eigenvalue weighted by molar-refractivity contribution is -0.899. The van der Waals surface area contributed by atoms with Crippen molar-refractivity contribution in [2.45, 2.75) is 25.3 Å². The number of anilines is 1. The quantitative estimate of drug-likeness (QED) is 0.133. The molecular formula is C29H25Cl4FN4O2. The molecule has 1 saturated heterocycles. The number of hydrogen-bond donors (Lipinski definition) is 1. The zero-order chi connectivity index (χ0) is 27.6. The normalized spacial score (nSPS) is 18.6. The van der Waals surface area contributed by atoms with Crippen LogP contribution < -0.4 is 5.32 Å². The smallest absolute Gasteiger partial charge is 0.255 e. The number of benzene rings is 2. The number of carbonyl (C=O) groups is 1. The van der Waals surface area contributed by atoms with E-state index < -0.39 is 0 Å². The van der Waals surface area contributed by atoms with Crippen LogP contribution in [-0.2, 0) is 6.54 Å². The van der Waals surface area contributed by atoms with Gasteiger partial charge in [-0.15, -0.1) is 12.4 Å². The van der Waals surface area contributed by atoms with E-state index in [9.17, 15) is 14.4 Å². The topological polar surface area (TPSA) is 77.9 Å². The van der Waals surface area contributed by atoms with Crippen LogP contribution in [-0.4, -0.2) is 33.6 Å². The number of piperidine rings is 1. The van der Waals surface area contributed by atoms with Gasteiger partial charge in [0, 0.05) is 36.1 Å². The van der Waals surface area contributed by atoms with Gasteiger partial charge >= 0.3 is 0 Å². The molecule has 0 saturated carbocycles. The van der Waals surface area contributed by atoms with Crippen LogP contribution >= 0.6 is 47.2 Å². The number of likely N-dealkylation sites (tertiary alicyclic amines) is 1. The summed E-state index contributed by atoms with van der Waals surface area (Å²) >= 11 is 18.4. The van der Waals surface area contributed by atoms with Crippen LogP contribution in [0.25, 0.3) is 11.1 Å². The number of quaternary nitrogens is 1. The molecule has 2 aromatic carbocycles. The van der Waals surface area contributed by atoms with Gasteiger partial charge in [-0.3, -0.25) is 4.79 Å². The van der Waals surface area contributed by atoms with E-state index in [1.165, 1.54) is 24.4 Å². The number of nitrogens with one attached hydrogen (secondary N) is 1. The van der Waals surface area contributed by atoms with Crippen molar-refractivity contribution in [1.29, 1.82) is 0 Å². The van der Waals surface area contributed by atoms with Gasteiger partial charge in [0.1, 0.15) is 22.7 Å². The summed E-state index contributed by atoms with van der Waals surface area (Å²) in [6, 6.07) is 18.7. The summed E-state index contributed by atoms with van der Waals surface area (Å²) in [6.07, 6.45) is 2.60. The minimum absolute atomic E-state index is 0. The number of hydroxylamine groups is 3. The van der Waals surface area contributed by atoms with Crippen LogP contribution in [0.15, 0.2) is 72.9 Å². The van der Waals surface area contributed by atoms with Crippen molar-refractivity contribution in [2.75, 3.05) is 18.4 Å². The Hall–Kier alpha value is -2.78. The van der Waals surface area contributed by atoms with E-state index in [0.29, 0.717) is 49.4 Å². The predicted octanol–water partition coefficient (Wildman–Crippen LogP) is 8.31. The fourth-order valence-electron chi connectivity index (χ4n) is 4.88. The number of rotatable bonds is 6. The number of hydrogen-bond acceptors (Lipinski definition) is 4. The zero-order valence-electron chi connectivity index (χ0n) is 21.1. The van der Waals surface area contributed by atoms with Crippen molar-refractivity contribution < 1.29 is 13.8 Å². The third-order valence-corrected chi connectivity index (χ3v) is 7.84. The second-order valence-electron chi connectivity index (χ2n) is 9.66. The van der Waals surface area contributed by atoms with Crippen LogP contribution in [0.5, 0.6) is 0 Å². The van der Waals surface area contributed by atoms with Crippen molar-refractivity contribution in [2.24, 2.45) is 0 Å². The molecule has 0 radical (unpaired) electrons. The molecule has 2 aromatic heterocycles. The van der Waals surface area contributed by atoms with Crippen molar-refractivity contribution in [3.8, 4) is 11.1 Å². The maximum atomic E-state index is 13.6. The first kappa shape index (κ1) is 30.2. The maximum absolute atomic E-state index is 13.6. The molecule has 1 aliphatic rings. The molecule has 0 bridgehead atoms. The van der Waals surface area contributed by atoms with Crippen molar-refractivity contribution >= 4 is 58.8 Å². The lowest BCUT2D eigenvalue weighted by Crippen LogP contribution is -2.47. The molecule has 6 nitrogen and oxygen atoms in total. The Morgan fingerprint density at radius 2 is 1.60 bits per heavy atom. The summed E-state index contributed by atoms with van der Waals surface area (Å²) in [6.45, 7) is 1.12. The lowest BCUT2D eigenvalue weighted by atomic mass is 9.91. The molecule has 208 valence electrons. The Labute approximate surface area is 252 Å². The first-order chi connectivity index (χ1) is 18.7. The predicted molar refractivity (Wildman–Crippen MR) is 160 cm³/mol. The van der Waals surface area contributed by atoms with Gasteiger partial charge < -0.3 is 15.2 Å². The van der Waals surface area contributed by atoms with E-state index in [2.05, 4.69) is 15.3 Å². The van der Waals surface area contributed by atoms with Crippen LogP contribution in [0.1, 0.15) is 40.4 Å². The Bertz CT molecular complexity index is 1500. The highest BCUT2D eigenvalue weighted by Gasteiger charge is 2.31. The van der Waals surface area contributed by atoms with E-state index in [1.807, 2.05) is 24.3 Å². The molecule has 1 N–H and O–H groups in total. The molecule has 3 heterocycles. The molecule has 4 aromatic rings. The van der Waals surface area contributed by atoms with Crippen LogP contribution in [0.4, 0.5) is 10.1 Å². The number of carbonyl (C=O) groups excluding carboxylic acids is 1. The minimum Gasteiger partial charge on any atom is -0.633 e. The monoisotopic (exact) mass is 620 g/mol. The van der Waals surface area contributed by atoms with Crippen LogP contribution in [0, 0.1) is 11.0 Å². The molecule has 11 heteroatoms. The third kappa shape index (κ3) is 7.10. The lowest BCUT2D eigenvalue weighted by Gasteiger charge is -2.47. The van der Waals surface area contributed by atoms with Gasteiger partial charge in [-0.2, -0.15) is 0 Å². The number of aromatic nitrogens is 2. The average molecular weight is 622 g/mol. The Morgan fingerprint density at radius 3 is 2.23 bits per heavy atom. The molecule has 0 aliphatic carbocycles. The van der Waals surface area contributed by atoms with Crippen molar-refractivity contribution in [1.82, 2.24) is 9.97 Å². The fraction of sp³-hybridized carbons (Fsp3) is 0.207. The summed E-state index contributed by atoms with van der Waals surface area (Å²) in [4.78, 5) is 21.2. The van der Waals surface area contributed by atoms with E-state index in [-0.39, 0.29) is 50.0 Å². The zero-order valence-corrected chi connectivity index (χ0v) is 24.2. The first-order valence-electron chi connectivity index (χ1n) is 12.4. The fourth-order valence-corrected chi connectivity index (χ4v) is 5.35. The second-order valence-corrected chi connectivity index (χ2v) is 10.8. The molecule has 1 amide bonds. The highest BCUT2D eigenvalue weighted by atomic mass is 35.5. The second kappa shape index (κ2) is 12.8. The summed E-state index contributed by atoms with van der Waals surface area (Å²) in [5, 5.41) is 17.0. The average Bonchev–Trinajstić information content (AvgIpc) is 2.92. The molecule has 5 rings (SSSR count). The summed E-state index contributed by atoms with van der Waals surface area (Å²) in [5.74, 6) is -0.729. The van der Waals surface area contributed by atoms with Gasteiger partial charge in [-0.1, -0.05) is 71.2 Å². The Kier molecular flexibility index (Phi) is 9.67. The third-order valence-electron chi connectivity index (χ3n) is 6.96. The Morgan fingerprint density at radius 1 is 0.975 bits per heavy atom. The minimum atomic E-state index is -0.380. The highest BCUT2D eigenvalue weighted by molar-refractivity contribution is 6.41. The van der Waals surface area contributed by atoms with Gasteiger partial charge in [-0.25, -0.2) is 14.4 Å². The molecule has 1 fully saturated rings. The van der Waals surface area contributed by atoms with Gasteiger partial charge in [-0.05, 0) is 41.5 Å². The van der Waals surface area contributed by atoms with Crippen molar-refractivity contribution in [3.05, 3.63) is 116 Å². The van der Waals surface area contributed by atoms with Gasteiger partial charge in [0.2, 0.25) is 0 Å². The van der Waals surface area contributed by atoms with Crippen LogP contribution in [0.2, 0.25) is 15.3 Å². The van der Waals surface area contributed by atoms with Crippen LogP contribution in [0.3, 0.4) is 0 Å². The first-order valence-corrected chi connectivity index (χ1v) is 13.5. The van der Waals surface area contributed by atoms with E-state index in [0.717, 1.165) is 16.7 Å². The standard InChI is InChI=1S/C29H24Cl3FN4O2.ClH/c30-24-16-25(35-29(38)22-9-12-34-26(31)15-22)27(36-28(24)32)21-10-13-37(39,14-11-21)17-18-1-3-19(4-2-18)20-5-7-23(33)8-6-20;/h1-9,12,15-16,21H,10-11,13-14,17H2,(H,35,38);1H. The molecule has 0 unspecified atom stereocenters. The molecule has 0 spiro atoms. The van der Waals surface area contributed by atoms with Crippen molar-refractivity contribution in [3.63, 3.8) is 0 Å². The van der Waals surface area contributed by atoms with E-state index >= 15 is 0 Å². The summed E-state index contributed by atoms with van der Waals surface area (Å²) in [7, 11) is 0. The number of amides is 1. The summed E-state index contributed by atoms with van der Waals surface area (Å²) < 4.78 is 12.9. The van der Waals surface area contributed by atoms with E-state index in [4.69, 9.17) is 34.8 Å². The molecule has 1 aliphatic heterocycles. The molecular weight excluding hydrogens is 597 g/mol. The Balaban J connectivity index is 0.00000370. The van der Waals surface area contributed by atoms with Gasteiger partial charge in [0.15, 0.2) is 0 Å². The molecule has 0 atom stereocenters. The number of pyridine rings is 2. The number of nitrogens with zero attached hydrogens (tertiary/aromatic N) is 3. The molecule has 40 heavy (non-hydrogen) atoms.